The van der Waals surface area contributed by atoms with E-state index >= 15 is 0 Å². The third-order valence-electron chi connectivity index (χ3n) is 11.9. The molecule has 0 spiro atoms. The fraction of sp³-hybridized carbons (Fsp3) is 0.887. The summed E-state index contributed by atoms with van der Waals surface area (Å²) >= 11 is 0. The lowest BCUT2D eigenvalue weighted by Crippen LogP contribution is -2.47. The van der Waals surface area contributed by atoms with Crippen molar-refractivity contribution in [1.82, 2.24) is 5.32 Å². The van der Waals surface area contributed by atoms with Gasteiger partial charge in [0.15, 0.2) is 0 Å². The summed E-state index contributed by atoms with van der Waals surface area (Å²) in [5.74, 6) is -0.545. The van der Waals surface area contributed by atoms with Gasteiger partial charge in [-0.2, -0.15) is 0 Å². The zero-order valence-electron chi connectivity index (χ0n) is 42.3. The minimum atomic E-state index is -4.68. The van der Waals surface area contributed by atoms with E-state index in [-0.39, 0.29) is 31.5 Å². The van der Waals surface area contributed by atoms with Gasteiger partial charge in [-0.1, -0.05) is 212 Å². The number of phosphoric ester groups is 1. The van der Waals surface area contributed by atoms with Crippen LogP contribution in [0.15, 0.2) is 24.3 Å². The van der Waals surface area contributed by atoms with Crippen molar-refractivity contribution in [2.75, 3.05) is 40.9 Å². The number of esters is 1. The second-order valence-electron chi connectivity index (χ2n) is 19.4. The minimum Gasteiger partial charge on any atom is -0.756 e. The average Bonchev–Trinajstić information content (AvgIpc) is 3.23. The van der Waals surface area contributed by atoms with Crippen LogP contribution in [0.25, 0.3) is 0 Å². The summed E-state index contributed by atoms with van der Waals surface area (Å²) < 4.78 is 30.1. The lowest BCUT2D eigenvalue weighted by atomic mass is 10.0. The lowest BCUT2D eigenvalue weighted by molar-refractivity contribution is -0.870. The number of hydrogen-bond donors (Lipinski definition) is 1. The van der Waals surface area contributed by atoms with Gasteiger partial charge >= 0.3 is 5.97 Å². The normalized spacial score (nSPS) is 14.1. The van der Waals surface area contributed by atoms with Gasteiger partial charge in [-0.05, 0) is 51.0 Å². The highest BCUT2D eigenvalue weighted by atomic mass is 31.2. The van der Waals surface area contributed by atoms with Gasteiger partial charge in [-0.15, -0.1) is 0 Å². The number of amides is 1. The largest absolute Gasteiger partial charge is 0.756 e. The molecule has 0 aliphatic rings. The molecule has 0 saturated carbocycles. The number of quaternary nitrogens is 1. The summed E-state index contributed by atoms with van der Waals surface area (Å²) in [4.78, 5) is 39.6. The SMILES string of the molecule is CCCC/C=C\CCCCCCCC(=O)NC(COP(=O)([O-])OCC[N+](C)(C)C)C(/C=C/CCCCCCCCCCC)OC(=O)CCCCCCCCCCCCCCCCC. The highest BCUT2D eigenvalue weighted by Gasteiger charge is 2.27. The zero-order valence-corrected chi connectivity index (χ0v) is 43.2. The Hall–Kier alpha value is -1.51. The molecule has 0 aromatic carbocycles. The molecule has 10 heteroatoms. The predicted molar refractivity (Wildman–Crippen MR) is 266 cm³/mol. The van der Waals surface area contributed by atoms with Gasteiger partial charge in [0.1, 0.15) is 19.3 Å². The van der Waals surface area contributed by atoms with Crippen LogP contribution in [0.2, 0.25) is 0 Å². The monoisotopic (exact) mass is 911 g/mol. The standard InChI is InChI=1S/C53H103N2O7P/c1-7-10-13-16-19-22-25-26-27-28-31-34-37-40-43-46-53(57)62-51(44-41-38-35-32-29-23-20-17-14-11-8-2)50(49-61-63(58,59)60-48-47-55(4,5)6)54-52(56)45-42-39-36-33-30-24-21-18-15-12-9-3/h18,21,41,44,50-51H,7-17,19-20,22-40,42-43,45-49H2,1-6H3,(H-,54,56,58,59)/b21-18-,44-41+. The van der Waals surface area contributed by atoms with Crippen molar-refractivity contribution in [3.05, 3.63) is 24.3 Å². The van der Waals surface area contributed by atoms with E-state index < -0.39 is 20.0 Å². The van der Waals surface area contributed by atoms with Crippen LogP contribution in [0, 0.1) is 0 Å². The summed E-state index contributed by atoms with van der Waals surface area (Å²) in [6.07, 6.45) is 48.5. The molecule has 63 heavy (non-hydrogen) atoms. The molecule has 1 N–H and O–H groups in total. The molecule has 0 aromatic heterocycles. The van der Waals surface area contributed by atoms with E-state index in [1.807, 2.05) is 33.3 Å². The number of carbonyl (C=O) groups excluding carboxylic acids is 2. The fourth-order valence-electron chi connectivity index (χ4n) is 7.68. The van der Waals surface area contributed by atoms with E-state index in [0.717, 1.165) is 83.5 Å². The topological polar surface area (TPSA) is 114 Å². The summed E-state index contributed by atoms with van der Waals surface area (Å²) in [6.45, 7) is 6.79. The Morgan fingerprint density at radius 3 is 1.40 bits per heavy atom. The van der Waals surface area contributed by atoms with Crippen molar-refractivity contribution >= 4 is 19.7 Å². The summed E-state index contributed by atoms with van der Waals surface area (Å²) in [6, 6.07) is -0.884. The maximum absolute atomic E-state index is 13.4. The van der Waals surface area contributed by atoms with E-state index in [1.54, 1.807) is 0 Å². The molecular formula is C53H103N2O7P. The van der Waals surface area contributed by atoms with Gasteiger partial charge in [-0.25, -0.2) is 0 Å². The van der Waals surface area contributed by atoms with Crippen molar-refractivity contribution in [1.29, 1.82) is 0 Å². The number of phosphoric acid groups is 1. The van der Waals surface area contributed by atoms with Crippen LogP contribution in [-0.4, -0.2) is 69.4 Å². The molecular weight excluding hydrogens is 808 g/mol. The number of ether oxygens (including phenoxy) is 1. The molecule has 0 aromatic rings. The fourth-order valence-corrected chi connectivity index (χ4v) is 8.40. The Morgan fingerprint density at radius 2 is 0.937 bits per heavy atom. The second kappa shape index (κ2) is 44.3. The molecule has 3 unspecified atom stereocenters. The molecule has 0 saturated heterocycles. The maximum Gasteiger partial charge on any atom is 0.306 e. The number of hydrogen-bond acceptors (Lipinski definition) is 7. The number of unbranched alkanes of at least 4 members (excludes halogenated alkanes) is 30. The predicted octanol–water partition coefficient (Wildman–Crippen LogP) is 14.8. The van der Waals surface area contributed by atoms with Crippen LogP contribution in [-0.2, 0) is 27.9 Å². The molecule has 372 valence electrons. The van der Waals surface area contributed by atoms with Crippen molar-refractivity contribution in [2.24, 2.45) is 0 Å². The van der Waals surface area contributed by atoms with Crippen LogP contribution in [0.4, 0.5) is 0 Å². The highest BCUT2D eigenvalue weighted by molar-refractivity contribution is 7.45. The van der Waals surface area contributed by atoms with Gasteiger partial charge in [0.05, 0.1) is 33.8 Å². The molecule has 0 aliphatic carbocycles. The first-order valence-corrected chi connectivity index (χ1v) is 28.1. The van der Waals surface area contributed by atoms with Crippen molar-refractivity contribution in [3.8, 4) is 0 Å². The first-order valence-electron chi connectivity index (χ1n) is 26.6. The molecule has 0 heterocycles. The van der Waals surface area contributed by atoms with Crippen molar-refractivity contribution < 1.29 is 37.3 Å². The smallest absolute Gasteiger partial charge is 0.306 e. The number of nitrogens with one attached hydrogen (secondary N) is 1. The van der Waals surface area contributed by atoms with E-state index in [1.165, 1.54) is 135 Å². The first-order chi connectivity index (χ1) is 30.4. The van der Waals surface area contributed by atoms with Gasteiger partial charge in [0.25, 0.3) is 7.82 Å². The van der Waals surface area contributed by atoms with E-state index in [2.05, 4.69) is 38.2 Å². The molecule has 0 radical (unpaired) electrons. The Balaban J connectivity index is 5.36. The molecule has 1 amide bonds. The Labute approximate surface area is 390 Å². The third kappa shape index (κ3) is 45.4. The Kier molecular flexibility index (Phi) is 43.3. The third-order valence-corrected chi connectivity index (χ3v) is 12.8. The van der Waals surface area contributed by atoms with Crippen LogP contribution in [0.1, 0.15) is 252 Å². The van der Waals surface area contributed by atoms with Crippen LogP contribution in [0.5, 0.6) is 0 Å². The van der Waals surface area contributed by atoms with Crippen molar-refractivity contribution in [2.45, 2.75) is 264 Å². The molecule has 0 aliphatic heterocycles. The van der Waals surface area contributed by atoms with E-state index in [4.69, 9.17) is 13.8 Å². The number of nitrogens with zero attached hydrogens (tertiary/aromatic N) is 1. The molecule has 0 rings (SSSR count). The van der Waals surface area contributed by atoms with E-state index in [9.17, 15) is 19.0 Å². The summed E-state index contributed by atoms with van der Waals surface area (Å²) in [5.41, 5.74) is 0. The average molecular weight is 911 g/mol. The van der Waals surface area contributed by atoms with Gasteiger partial charge in [0, 0.05) is 12.8 Å². The van der Waals surface area contributed by atoms with Gasteiger partial charge in [-0.3, -0.25) is 14.2 Å². The minimum absolute atomic E-state index is 0.0211. The molecule has 9 nitrogen and oxygen atoms in total. The highest BCUT2D eigenvalue weighted by Crippen LogP contribution is 2.38. The molecule has 3 atom stereocenters. The number of carbonyl (C=O) groups is 2. The number of likely N-dealkylation sites (N-methyl/N-ethyl adjacent to an activating group) is 1. The first kappa shape index (κ1) is 61.5. The van der Waals surface area contributed by atoms with Crippen LogP contribution in [0.3, 0.4) is 0 Å². The van der Waals surface area contributed by atoms with Gasteiger partial charge < -0.3 is 28.5 Å². The number of allylic oxidation sites excluding steroid dienone is 3. The molecule has 0 bridgehead atoms. The quantitative estimate of drug-likeness (QED) is 0.0213. The van der Waals surface area contributed by atoms with Crippen LogP contribution < -0.4 is 10.2 Å². The second-order valence-corrected chi connectivity index (χ2v) is 20.8. The maximum atomic E-state index is 13.4. The summed E-state index contributed by atoms with van der Waals surface area (Å²) in [7, 11) is 1.19. The van der Waals surface area contributed by atoms with Crippen molar-refractivity contribution in [3.63, 3.8) is 0 Å². The summed E-state index contributed by atoms with van der Waals surface area (Å²) in [5, 5.41) is 3.00. The number of rotatable bonds is 48. The van der Waals surface area contributed by atoms with Crippen LogP contribution >= 0.6 is 7.82 Å². The zero-order chi connectivity index (χ0) is 46.5. The molecule has 0 fully saturated rings. The van der Waals surface area contributed by atoms with Gasteiger partial charge in [0.2, 0.25) is 5.91 Å². The van der Waals surface area contributed by atoms with E-state index in [0.29, 0.717) is 17.4 Å². The Morgan fingerprint density at radius 1 is 0.540 bits per heavy atom. The lowest BCUT2D eigenvalue weighted by Gasteiger charge is -2.30. The Bertz CT molecular complexity index is 1140.